The second-order valence-electron chi connectivity index (χ2n) is 4.45. The first-order valence-electron chi connectivity index (χ1n) is 5.28. The summed E-state index contributed by atoms with van der Waals surface area (Å²) in [6.45, 7) is 2.17. The molecular formula is C12H12O4. The maximum Gasteiger partial charge on any atom is 0.314 e. The highest BCUT2D eigenvalue weighted by Gasteiger charge is 2.59. The first kappa shape index (κ1) is 9.51. The lowest BCUT2D eigenvalue weighted by molar-refractivity contribution is -0.140. The molecule has 0 amide bonds. The minimum Gasteiger partial charge on any atom is -0.481 e. The minimum absolute atomic E-state index is 0.186. The number of hydrogen-bond acceptors (Lipinski definition) is 3. The number of carboxylic acids is 1. The molecule has 1 aliphatic carbocycles. The number of ether oxygens (including phenoxy) is 2. The largest absolute Gasteiger partial charge is 0.481 e. The van der Waals surface area contributed by atoms with Gasteiger partial charge in [-0.1, -0.05) is 13.0 Å². The molecule has 3 rings (SSSR count). The van der Waals surface area contributed by atoms with Gasteiger partial charge in [-0.2, -0.15) is 0 Å². The Morgan fingerprint density at radius 3 is 2.75 bits per heavy atom. The fourth-order valence-corrected chi connectivity index (χ4v) is 2.42. The lowest BCUT2D eigenvalue weighted by atomic mass is 9.93. The molecule has 4 nitrogen and oxygen atoms in total. The molecule has 1 N–H and O–H groups in total. The van der Waals surface area contributed by atoms with Crippen LogP contribution in [0.1, 0.15) is 18.9 Å². The molecule has 1 heterocycles. The number of fused-ring (bicyclic) bond motifs is 1. The van der Waals surface area contributed by atoms with Gasteiger partial charge in [0.1, 0.15) is 0 Å². The second kappa shape index (κ2) is 2.90. The minimum atomic E-state index is -0.751. The number of carboxylic acid groups (broad SMARTS) is 1. The van der Waals surface area contributed by atoms with E-state index in [9.17, 15) is 9.90 Å². The Bertz CT molecular complexity index is 468. The van der Waals surface area contributed by atoms with Gasteiger partial charge in [0.25, 0.3) is 0 Å². The summed E-state index contributed by atoms with van der Waals surface area (Å²) in [4.78, 5) is 11.3. The van der Waals surface area contributed by atoms with Gasteiger partial charge in [-0.3, -0.25) is 4.79 Å². The van der Waals surface area contributed by atoms with Crippen molar-refractivity contribution >= 4 is 5.97 Å². The molecule has 1 aromatic rings. The number of rotatable bonds is 2. The molecule has 0 bridgehead atoms. The van der Waals surface area contributed by atoms with E-state index in [0.29, 0.717) is 17.9 Å². The number of hydrogen-bond donors (Lipinski definition) is 1. The van der Waals surface area contributed by atoms with E-state index >= 15 is 0 Å². The molecule has 1 aromatic carbocycles. The lowest BCUT2D eigenvalue weighted by Crippen LogP contribution is -2.21. The summed E-state index contributed by atoms with van der Waals surface area (Å²) in [6, 6.07) is 5.40. The van der Waals surface area contributed by atoms with Gasteiger partial charge in [-0.15, -0.1) is 0 Å². The highest BCUT2D eigenvalue weighted by molar-refractivity contribution is 5.86. The first-order chi connectivity index (χ1) is 7.64. The molecule has 16 heavy (non-hydrogen) atoms. The van der Waals surface area contributed by atoms with Crippen LogP contribution in [0, 0.1) is 5.92 Å². The highest BCUT2D eigenvalue weighted by Crippen LogP contribution is 2.55. The van der Waals surface area contributed by atoms with Gasteiger partial charge in [0.05, 0.1) is 5.41 Å². The topological polar surface area (TPSA) is 55.8 Å². The monoisotopic (exact) mass is 220 g/mol. The Morgan fingerprint density at radius 1 is 1.44 bits per heavy atom. The van der Waals surface area contributed by atoms with E-state index in [0.717, 1.165) is 5.56 Å². The Labute approximate surface area is 92.8 Å². The van der Waals surface area contributed by atoms with Crippen LogP contribution in [-0.2, 0) is 10.2 Å². The molecule has 1 fully saturated rings. The normalized spacial score (nSPS) is 30.2. The van der Waals surface area contributed by atoms with Crippen LogP contribution in [0.2, 0.25) is 0 Å². The van der Waals surface area contributed by atoms with E-state index in [1.807, 2.05) is 13.0 Å². The standard InChI is InChI=1S/C12H12O4/c1-7-5-12(7,11(13)14)8-2-3-9-10(4-8)16-6-15-9/h2-4,7H,5-6H2,1H3,(H,13,14). The molecule has 0 spiro atoms. The summed E-state index contributed by atoms with van der Waals surface area (Å²) in [5.74, 6) is 0.777. The molecule has 1 saturated carbocycles. The molecule has 84 valence electrons. The summed E-state index contributed by atoms with van der Waals surface area (Å²) in [5.41, 5.74) is 0.109. The van der Waals surface area contributed by atoms with E-state index in [-0.39, 0.29) is 12.7 Å². The Morgan fingerprint density at radius 2 is 2.12 bits per heavy atom. The zero-order valence-corrected chi connectivity index (χ0v) is 8.90. The Kier molecular flexibility index (Phi) is 1.73. The molecule has 2 aliphatic rings. The summed E-state index contributed by atoms with van der Waals surface area (Å²) in [7, 11) is 0. The summed E-state index contributed by atoms with van der Waals surface area (Å²) < 4.78 is 10.5. The van der Waals surface area contributed by atoms with Gasteiger partial charge in [0.15, 0.2) is 11.5 Å². The van der Waals surface area contributed by atoms with Crippen molar-refractivity contribution in [3.63, 3.8) is 0 Å². The van der Waals surface area contributed by atoms with E-state index in [2.05, 4.69) is 0 Å². The average molecular weight is 220 g/mol. The van der Waals surface area contributed by atoms with Crippen molar-refractivity contribution in [2.24, 2.45) is 5.92 Å². The fraction of sp³-hybridized carbons (Fsp3) is 0.417. The molecular weight excluding hydrogens is 208 g/mol. The zero-order valence-electron chi connectivity index (χ0n) is 8.90. The molecule has 1 aliphatic heterocycles. The molecule has 4 heteroatoms. The molecule has 0 saturated heterocycles. The van der Waals surface area contributed by atoms with Gasteiger partial charge in [-0.25, -0.2) is 0 Å². The van der Waals surface area contributed by atoms with Crippen molar-refractivity contribution in [3.8, 4) is 11.5 Å². The van der Waals surface area contributed by atoms with Crippen molar-refractivity contribution in [1.29, 1.82) is 0 Å². The summed E-state index contributed by atoms with van der Waals surface area (Å²) in [6.07, 6.45) is 0.696. The van der Waals surface area contributed by atoms with Crippen molar-refractivity contribution in [1.82, 2.24) is 0 Å². The number of aliphatic carboxylic acids is 1. The number of benzene rings is 1. The van der Waals surface area contributed by atoms with Crippen LogP contribution < -0.4 is 9.47 Å². The van der Waals surface area contributed by atoms with Gasteiger partial charge in [0, 0.05) is 0 Å². The second-order valence-corrected chi connectivity index (χ2v) is 4.45. The van der Waals surface area contributed by atoms with Gasteiger partial charge in [-0.05, 0) is 30.0 Å². The zero-order chi connectivity index (χ0) is 11.3. The molecule has 0 aromatic heterocycles. The van der Waals surface area contributed by atoms with Crippen LogP contribution in [0.25, 0.3) is 0 Å². The lowest BCUT2D eigenvalue weighted by Gasteiger charge is -2.12. The highest BCUT2D eigenvalue weighted by atomic mass is 16.7. The third kappa shape index (κ3) is 1.07. The van der Waals surface area contributed by atoms with Crippen LogP contribution >= 0.6 is 0 Å². The van der Waals surface area contributed by atoms with Crippen LogP contribution in [0.5, 0.6) is 11.5 Å². The van der Waals surface area contributed by atoms with Gasteiger partial charge in [0.2, 0.25) is 6.79 Å². The smallest absolute Gasteiger partial charge is 0.314 e. The predicted molar refractivity (Wildman–Crippen MR) is 55.7 cm³/mol. The Hall–Kier alpha value is -1.71. The molecule has 2 atom stereocenters. The van der Waals surface area contributed by atoms with E-state index < -0.39 is 11.4 Å². The van der Waals surface area contributed by atoms with Crippen LogP contribution in [0.4, 0.5) is 0 Å². The first-order valence-corrected chi connectivity index (χ1v) is 5.28. The van der Waals surface area contributed by atoms with E-state index in [1.165, 1.54) is 0 Å². The Balaban J connectivity index is 2.04. The quantitative estimate of drug-likeness (QED) is 0.825. The van der Waals surface area contributed by atoms with Gasteiger partial charge < -0.3 is 14.6 Å². The van der Waals surface area contributed by atoms with Crippen molar-refractivity contribution in [2.45, 2.75) is 18.8 Å². The maximum absolute atomic E-state index is 11.3. The van der Waals surface area contributed by atoms with Crippen molar-refractivity contribution in [2.75, 3.05) is 6.79 Å². The molecule has 2 unspecified atom stereocenters. The number of carbonyl (C=O) groups is 1. The van der Waals surface area contributed by atoms with Crippen LogP contribution in [-0.4, -0.2) is 17.9 Å². The van der Waals surface area contributed by atoms with Crippen molar-refractivity contribution in [3.05, 3.63) is 23.8 Å². The predicted octanol–water partition coefficient (Wildman–Crippen LogP) is 1.78. The van der Waals surface area contributed by atoms with Gasteiger partial charge >= 0.3 is 5.97 Å². The van der Waals surface area contributed by atoms with E-state index in [4.69, 9.17) is 9.47 Å². The third-order valence-electron chi connectivity index (χ3n) is 3.58. The summed E-state index contributed by atoms with van der Waals surface area (Å²) in [5, 5.41) is 9.30. The average Bonchev–Trinajstić information content (AvgIpc) is 2.75. The maximum atomic E-state index is 11.3. The van der Waals surface area contributed by atoms with Crippen molar-refractivity contribution < 1.29 is 19.4 Å². The summed E-state index contributed by atoms with van der Waals surface area (Å²) >= 11 is 0. The molecule has 0 radical (unpaired) electrons. The fourth-order valence-electron chi connectivity index (χ4n) is 2.42. The third-order valence-corrected chi connectivity index (χ3v) is 3.58. The van der Waals surface area contributed by atoms with Crippen LogP contribution in [0.3, 0.4) is 0 Å². The van der Waals surface area contributed by atoms with Crippen LogP contribution in [0.15, 0.2) is 18.2 Å². The SMILES string of the molecule is CC1CC1(C(=O)O)c1ccc2c(c1)OCO2. The van der Waals surface area contributed by atoms with E-state index in [1.54, 1.807) is 12.1 Å².